The summed E-state index contributed by atoms with van der Waals surface area (Å²) in [5, 5.41) is 0. The third kappa shape index (κ3) is 3.18. The second kappa shape index (κ2) is 6.08. The Labute approximate surface area is 95.9 Å². The normalized spacial score (nSPS) is 19.7. The lowest BCUT2D eigenvalue weighted by molar-refractivity contribution is -0.129. The molecule has 0 bridgehead atoms. The molecule has 1 saturated heterocycles. The molecule has 0 aromatic heterocycles. The third-order valence-electron chi connectivity index (χ3n) is 2.54. The molecule has 1 aliphatic heterocycles. The van der Waals surface area contributed by atoms with Gasteiger partial charge in [0.25, 0.3) is 5.91 Å². The summed E-state index contributed by atoms with van der Waals surface area (Å²) in [6.45, 7) is 4.24. The van der Waals surface area contributed by atoms with Crippen LogP contribution in [0.2, 0.25) is 0 Å². The van der Waals surface area contributed by atoms with E-state index < -0.39 is 11.7 Å². The van der Waals surface area contributed by atoms with Gasteiger partial charge in [-0.3, -0.25) is 4.79 Å². The van der Waals surface area contributed by atoms with Gasteiger partial charge in [-0.15, -0.1) is 12.4 Å². The number of hydrogen-bond acceptors (Lipinski definition) is 2. The predicted octanol–water partition coefficient (Wildman–Crippen LogP) is 1.62. The largest absolute Gasteiger partial charge is 0.332 e. The first-order valence-corrected chi connectivity index (χ1v) is 4.92. The van der Waals surface area contributed by atoms with Crippen LogP contribution in [0.15, 0.2) is 11.4 Å². The van der Waals surface area contributed by atoms with Crippen LogP contribution in [-0.2, 0) is 4.79 Å². The molecule has 1 fully saturated rings. The molecule has 3 nitrogen and oxygen atoms in total. The standard InChI is InChI=1S/C10H17FN2O.ClH/c1-7(2)9(11)10(14)13-5-3-4-8(13)6-12;/h8H,3-6,12H2,1-2H3;1H. The van der Waals surface area contributed by atoms with Crippen molar-refractivity contribution < 1.29 is 9.18 Å². The maximum atomic E-state index is 13.3. The lowest BCUT2D eigenvalue weighted by Gasteiger charge is -2.22. The fourth-order valence-electron chi connectivity index (χ4n) is 1.69. The summed E-state index contributed by atoms with van der Waals surface area (Å²) in [7, 11) is 0. The molecule has 1 amide bonds. The number of amides is 1. The van der Waals surface area contributed by atoms with Gasteiger partial charge in [0, 0.05) is 19.1 Å². The van der Waals surface area contributed by atoms with E-state index in [4.69, 9.17) is 5.73 Å². The van der Waals surface area contributed by atoms with E-state index in [0.29, 0.717) is 18.7 Å². The van der Waals surface area contributed by atoms with Gasteiger partial charge in [0.15, 0.2) is 5.83 Å². The predicted molar refractivity (Wildman–Crippen MR) is 60.5 cm³/mol. The Morgan fingerprint density at radius 3 is 2.60 bits per heavy atom. The Morgan fingerprint density at radius 2 is 2.13 bits per heavy atom. The number of nitrogens with zero attached hydrogens (tertiary/aromatic N) is 1. The van der Waals surface area contributed by atoms with Gasteiger partial charge in [-0.2, -0.15) is 0 Å². The van der Waals surface area contributed by atoms with Crippen molar-refractivity contribution >= 4 is 18.3 Å². The van der Waals surface area contributed by atoms with E-state index in [1.807, 2.05) is 0 Å². The molecule has 88 valence electrons. The van der Waals surface area contributed by atoms with Gasteiger partial charge in [0.1, 0.15) is 0 Å². The van der Waals surface area contributed by atoms with Gasteiger partial charge < -0.3 is 10.6 Å². The maximum Gasteiger partial charge on any atom is 0.282 e. The average Bonchev–Trinajstić information content (AvgIpc) is 2.62. The highest BCUT2D eigenvalue weighted by Crippen LogP contribution is 2.20. The Bertz CT molecular complexity index is 264. The zero-order chi connectivity index (χ0) is 10.7. The van der Waals surface area contributed by atoms with Crippen LogP contribution in [0.1, 0.15) is 26.7 Å². The molecule has 0 saturated carbocycles. The number of rotatable bonds is 2. The Balaban J connectivity index is 0.00000196. The van der Waals surface area contributed by atoms with E-state index in [9.17, 15) is 9.18 Å². The smallest absolute Gasteiger partial charge is 0.282 e. The van der Waals surface area contributed by atoms with Crippen molar-refractivity contribution in [1.29, 1.82) is 0 Å². The second-order valence-corrected chi connectivity index (χ2v) is 3.84. The van der Waals surface area contributed by atoms with Crippen LogP contribution in [0.3, 0.4) is 0 Å². The summed E-state index contributed by atoms with van der Waals surface area (Å²) in [4.78, 5) is 13.1. The van der Waals surface area contributed by atoms with Gasteiger partial charge in [-0.1, -0.05) is 0 Å². The van der Waals surface area contributed by atoms with Crippen LogP contribution in [-0.4, -0.2) is 29.9 Å². The Kier molecular flexibility index (Phi) is 5.83. The molecule has 0 radical (unpaired) electrons. The van der Waals surface area contributed by atoms with Gasteiger partial charge in [0.05, 0.1) is 0 Å². The van der Waals surface area contributed by atoms with Gasteiger partial charge >= 0.3 is 0 Å². The number of likely N-dealkylation sites (tertiary alicyclic amines) is 1. The molecule has 15 heavy (non-hydrogen) atoms. The molecule has 5 heteroatoms. The van der Waals surface area contributed by atoms with Crippen LogP contribution >= 0.6 is 12.4 Å². The van der Waals surface area contributed by atoms with E-state index in [0.717, 1.165) is 12.8 Å². The fraction of sp³-hybridized carbons (Fsp3) is 0.700. The van der Waals surface area contributed by atoms with Crippen molar-refractivity contribution in [2.45, 2.75) is 32.7 Å². The summed E-state index contributed by atoms with van der Waals surface area (Å²) in [6.07, 6.45) is 1.81. The molecule has 1 rings (SSSR count). The summed E-state index contributed by atoms with van der Waals surface area (Å²) >= 11 is 0. The first-order chi connectivity index (χ1) is 6.57. The maximum absolute atomic E-state index is 13.3. The number of hydrogen-bond donors (Lipinski definition) is 1. The summed E-state index contributed by atoms with van der Waals surface area (Å²) < 4.78 is 13.3. The van der Waals surface area contributed by atoms with Crippen LogP contribution < -0.4 is 5.73 Å². The highest BCUT2D eigenvalue weighted by Gasteiger charge is 2.29. The average molecular weight is 237 g/mol. The van der Waals surface area contributed by atoms with Gasteiger partial charge in [0.2, 0.25) is 0 Å². The highest BCUT2D eigenvalue weighted by molar-refractivity contribution is 5.92. The molecule has 1 heterocycles. The lowest BCUT2D eigenvalue weighted by atomic mass is 10.2. The zero-order valence-electron chi connectivity index (χ0n) is 9.12. The molecule has 2 N–H and O–H groups in total. The molecule has 0 spiro atoms. The minimum atomic E-state index is -0.634. The number of nitrogens with two attached hydrogens (primary N) is 1. The lowest BCUT2D eigenvalue weighted by Crippen LogP contribution is -2.40. The number of carbonyl (C=O) groups is 1. The minimum Gasteiger partial charge on any atom is -0.332 e. The van der Waals surface area contributed by atoms with E-state index >= 15 is 0 Å². The molecule has 0 aliphatic carbocycles. The molecule has 0 aromatic rings. The minimum absolute atomic E-state index is 0. The van der Waals surface area contributed by atoms with Crippen molar-refractivity contribution in [1.82, 2.24) is 4.90 Å². The van der Waals surface area contributed by atoms with Crippen molar-refractivity contribution in [3.63, 3.8) is 0 Å². The quantitative estimate of drug-likeness (QED) is 0.741. The van der Waals surface area contributed by atoms with Crippen molar-refractivity contribution in [2.75, 3.05) is 13.1 Å². The Morgan fingerprint density at radius 1 is 1.53 bits per heavy atom. The van der Waals surface area contributed by atoms with Gasteiger partial charge in [-0.05, 0) is 32.3 Å². The molecule has 1 aliphatic rings. The van der Waals surface area contributed by atoms with E-state index in [1.165, 1.54) is 0 Å². The van der Waals surface area contributed by atoms with Crippen LogP contribution in [0.25, 0.3) is 0 Å². The molecule has 1 atom stereocenters. The molecular weight excluding hydrogens is 219 g/mol. The third-order valence-corrected chi connectivity index (χ3v) is 2.54. The SMILES string of the molecule is CC(C)=C(F)C(=O)N1CCCC1CN.Cl. The van der Waals surface area contributed by atoms with Crippen LogP contribution in [0.4, 0.5) is 4.39 Å². The topological polar surface area (TPSA) is 46.3 Å². The van der Waals surface area contributed by atoms with Crippen LogP contribution in [0, 0.1) is 0 Å². The van der Waals surface area contributed by atoms with E-state index in [2.05, 4.69) is 0 Å². The van der Waals surface area contributed by atoms with E-state index in [1.54, 1.807) is 18.7 Å². The summed E-state index contributed by atoms with van der Waals surface area (Å²) in [6, 6.07) is 0.0209. The molecular formula is C10H18ClFN2O. The molecule has 0 aromatic carbocycles. The number of carbonyl (C=O) groups excluding carboxylic acids is 1. The van der Waals surface area contributed by atoms with Gasteiger partial charge in [-0.25, -0.2) is 4.39 Å². The monoisotopic (exact) mass is 236 g/mol. The first kappa shape index (κ1) is 14.4. The van der Waals surface area contributed by atoms with Crippen molar-refractivity contribution in [2.24, 2.45) is 5.73 Å². The summed E-state index contributed by atoms with van der Waals surface area (Å²) in [5.74, 6) is -1.14. The molecule has 1 unspecified atom stereocenters. The van der Waals surface area contributed by atoms with Crippen LogP contribution in [0.5, 0.6) is 0 Å². The van der Waals surface area contributed by atoms with E-state index in [-0.39, 0.29) is 18.4 Å². The van der Waals surface area contributed by atoms with Crippen molar-refractivity contribution in [3.8, 4) is 0 Å². The number of allylic oxidation sites excluding steroid dienone is 1. The summed E-state index contributed by atoms with van der Waals surface area (Å²) in [5.41, 5.74) is 5.93. The first-order valence-electron chi connectivity index (χ1n) is 4.92. The second-order valence-electron chi connectivity index (χ2n) is 3.84. The zero-order valence-corrected chi connectivity index (χ0v) is 9.94. The highest BCUT2D eigenvalue weighted by atomic mass is 35.5. The Hall–Kier alpha value is -0.610. The number of halogens is 2. The van der Waals surface area contributed by atoms with Crippen molar-refractivity contribution in [3.05, 3.63) is 11.4 Å². The fourth-order valence-corrected chi connectivity index (χ4v) is 1.69.